The van der Waals surface area contributed by atoms with Gasteiger partial charge in [0.1, 0.15) is 5.69 Å². The highest BCUT2D eigenvalue weighted by Crippen LogP contribution is 2.27. The van der Waals surface area contributed by atoms with Crippen LogP contribution in [-0.4, -0.2) is 10.3 Å². The number of halogens is 1. The van der Waals surface area contributed by atoms with Gasteiger partial charge < -0.3 is 5.73 Å². The lowest BCUT2D eigenvalue weighted by molar-refractivity contribution is -0.383. The molecule has 0 atom stereocenters. The van der Waals surface area contributed by atoms with E-state index in [1.165, 1.54) is 6.07 Å². The SMILES string of the molecule is Cc1cc(C=CCBr)c(N)c([N+](=O)[O-])c1. The van der Waals surface area contributed by atoms with Crippen LogP contribution in [-0.2, 0) is 0 Å². The molecule has 4 nitrogen and oxygen atoms in total. The third-order valence-corrected chi connectivity index (χ3v) is 2.29. The van der Waals surface area contributed by atoms with Gasteiger partial charge in [0.15, 0.2) is 0 Å². The van der Waals surface area contributed by atoms with Crippen molar-refractivity contribution in [3.05, 3.63) is 39.4 Å². The molecule has 0 aromatic heterocycles. The molecule has 0 aliphatic carbocycles. The predicted molar refractivity (Wildman–Crippen MR) is 65.1 cm³/mol. The second-order valence-electron chi connectivity index (χ2n) is 3.10. The van der Waals surface area contributed by atoms with E-state index in [1.54, 1.807) is 13.0 Å². The van der Waals surface area contributed by atoms with Gasteiger partial charge >= 0.3 is 0 Å². The van der Waals surface area contributed by atoms with Crippen LogP contribution in [0.3, 0.4) is 0 Å². The van der Waals surface area contributed by atoms with Crippen molar-refractivity contribution in [2.45, 2.75) is 6.92 Å². The third kappa shape index (κ3) is 2.79. The van der Waals surface area contributed by atoms with Crippen LogP contribution in [0.4, 0.5) is 11.4 Å². The van der Waals surface area contributed by atoms with Gasteiger partial charge in [0.05, 0.1) is 4.92 Å². The standard InChI is InChI=1S/C10H11BrN2O2/c1-7-5-8(3-2-4-11)10(12)9(6-7)13(14)15/h2-3,5-6H,4,12H2,1H3. The second-order valence-corrected chi connectivity index (χ2v) is 3.75. The van der Waals surface area contributed by atoms with Gasteiger partial charge in [-0.25, -0.2) is 0 Å². The first kappa shape index (κ1) is 11.7. The van der Waals surface area contributed by atoms with Crippen molar-refractivity contribution in [3.8, 4) is 0 Å². The number of allylic oxidation sites excluding steroid dienone is 1. The molecule has 0 saturated carbocycles. The summed E-state index contributed by atoms with van der Waals surface area (Å²) >= 11 is 3.24. The molecular formula is C10H11BrN2O2. The van der Waals surface area contributed by atoms with Crippen molar-refractivity contribution in [3.63, 3.8) is 0 Å². The zero-order chi connectivity index (χ0) is 11.4. The fraction of sp³-hybridized carbons (Fsp3) is 0.200. The predicted octanol–water partition coefficient (Wildman–Crippen LogP) is 2.89. The molecule has 5 heteroatoms. The highest BCUT2D eigenvalue weighted by atomic mass is 79.9. The maximum absolute atomic E-state index is 10.7. The molecule has 1 rings (SSSR count). The summed E-state index contributed by atoms with van der Waals surface area (Å²) in [4.78, 5) is 10.2. The molecule has 0 spiro atoms. The molecule has 0 heterocycles. The van der Waals surface area contributed by atoms with E-state index in [0.717, 1.165) is 5.56 Å². The Bertz CT molecular complexity index is 416. The number of rotatable bonds is 3. The molecule has 80 valence electrons. The Morgan fingerprint density at radius 3 is 2.80 bits per heavy atom. The summed E-state index contributed by atoms with van der Waals surface area (Å²) < 4.78 is 0. The largest absolute Gasteiger partial charge is 0.393 e. The molecule has 0 radical (unpaired) electrons. The van der Waals surface area contributed by atoms with E-state index in [0.29, 0.717) is 10.9 Å². The summed E-state index contributed by atoms with van der Waals surface area (Å²) in [6, 6.07) is 3.29. The van der Waals surface area contributed by atoms with E-state index in [4.69, 9.17) is 5.73 Å². The van der Waals surface area contributed by atoms with Crippen LogP contribution in [0, 0.1) is 17.0 Å². The maximum Gasteiger partial charge on any atom is 0.292 e. The molecule has 2 N–H and O–H groups in total. The average molecular weight is 271 g/mol. The quantitative estimate of drug-likeness (QED) is 0.397. The highest BCUT2D eigenvalue weighted by Gasteiger charge is 2.14. The number of nitrogen functional groups attached to an aromatic ring is 1. The number of anilines is 1. The third-order valence-electron chi connectivity index (χ3n) is 1.92. The number of benzene rings is 1. The Morgan fingerprint density at radius 1 is 1.60 bits per heavy atom. The summed E-state index contributed by atoms with van der Waals surface area (Å²) in [5.41, 5.74) is 7.36. The van der Waals surface area contributed by atoms with Gasteiger partial charge in [-0.2, -0.15) is 0 Å². The van der Waals surface area contributed by atoms with Crippen LogP contribution in [0.5, 0.6) is 0 Å². The van der Waals surface area contributed by atoms with E-state index < -0.39 is 4.92 Å². The molecule has 15 heavy (non-hydrogen) atoms. The van der Waals surface area contributed by atoms with Crippen molar-refractivity contribution < 1.29 is 4.92 Å². The smallest absolute Gasteiger partial charge is 0.292 e. The van der Waals surface area contributed by atoms with Gasteiger partial charge in [0.25, 0.3) is 5.69 Å². The summed E-state index contributed by atoms with van der Waals surface area (Å²) in [5.74, 6) is 0. The summed E-state index contributed by atoms with van der Waals surface area (Å²) in [5, 5.41) is 11.4. The monoisotopic (exact) mass is 270 g/mol. The van der Waals surface area contributed by atoms with Crippen molar-refractivity contribution >= 4 is 33.4 Å². The van der Waals surface area contributed by atoms with Gasteiger partial charge in [-0.1, -0.05) is 28.1 Å². The highest BCUT2D eigenvalue weighted by molar-refractivity contribution is 9.09. The summed E-state index contributed by atoms with van der Waals surface area (Å²) in [7, 11) is 0. The molecule has 1 aromatic rings. The Balaban J connectivity index is 3.28. The second kappa shape index (κ2) is 4.93. The minimum absolute atomic E-state index is 0.0378. The molecule has 0 fully saturated rings. The average Bonchev–Trinajstić information content (AvgIpc) is 2.18. The number of hydrogen-bond acceptors (Lipinski definition) is 3. The molecule has 0 unspecified atom stereocenters. The Labute approximate surface area is 96.1 Å². The van der Waals surface area contributed by atoms with Gasteiger partial charge in [0, 0.05) is 17.0 Å². The van der Waals surface area contributed by atoms with Crippen LogP contribution in [0.15, 0.2) is 18.2 Å². The zero-order valence-corrected chi connectivity index (χ0v) is 9.82. The van der Waals surface area contributed by atoms with Crippen molar-refractivity contribution in [1.82, 2.24) is 0 Å². The van der Waals surface area contributed by atoms with Crippen LogP contribution in [0.1, 0.15) is 11.1 Å². The van der Waals surface area contributed by atoms with Crippen LogP contribution in [0.2, 0.25) is 0 Å². The van der Waals surface area contributed by atoms with E-state index in [2.05, 4.69) is 15.9 Å². The Hall–Kier alpha value is -1.36. The number of nitrogens with two attached hydrogens (primary N) is 1. The number of hydrogen-bond donors (Lipinski definition) is 1. The molecule has 0 amide bonds. The first-order valence-corrected chi connectivity index (χ1v) is 5.45. The number of alkyl halides is 1. The first-order chi connectivity index (χ1) is 7.06. The van der Waals surface area contributed by atoms with Crippen molar-refractivity contribution in [1.29, 1.82) is 0 Å². The minimum atomic E-state index is -0.464. The fourth-order valence-corrected chi connectivity index (χ4v) is 1.45. The topological polar surface area (TPSA) is 69.2 Å². The summed E-state index contributed by atoms with van der Waals surface area (Å²) in [6.07, 6.45) is 3.61. The first-order valence-electron chi connectivity index (χ1n) is 4.33. The van der Waals surface area contributed by atoms with Crippen LogP contribution in [0.25, 0.3) is 6.08 Å². The number of nitro groups is 1. The molecule has 0 aliphatic heterocycles. The zero-order valence-electron chi connectivity index (χ0n) is 8.24. The van der Waals surface area contributed by atoms with E-state index in [1.807, 2.05) is 12.1 Å². The molecule has 0 aliphatic rings. The Kier molecular flexibility index (Phi) is 3.85. The lowest BCUT2D eigenvalue weighted by Crippen LogP contribution is -1.98. The van der Waals surface area contributed by atoms with Gasteiger partial charge in [-0.05, 0) is 18.6 Å². The molecule has 1 aromatic carbocycles. The van der Waals surface area contributed by atoms with E-state index in [9.17, 15) is 10.1 Å². The lowest BCUT2D eigenvalue weighted by Gasteiger charge is -2.03. The van der Waals surface area contributed by atoms with Crippen molar-refractivity contribution in [2.75, 3.05) is 11.1 Å². The fourth-order valence-electron chi connectivity index (χ4n) is 1.27. The molecule has 0 bridgehead atoms. The number of nitro benzene ring substituents is 1. The maximum atomic E-state index is 10.7. The molecule has 0 saturated heterocycles. The molecular weight excluding hydrogens is 260 g/mol. The number of nitrogens with zero attached hydrogens (tertiary/aromatic N) is 1. The normalized spacial score (nSPS) is 10.8. The summed E-state index contributed by atoms with van der Waals surface area (Å²) in [6.45, 7) is 1.80. The van der Waals surface area contributed by atoms with Crippen molar-refractivity contribution in [2.24, 2.45) is 0 Å². The number of aryl methyl sites for hydroxylation is 1. The van der Waals surface area contributed by atoms with E-state index in [-0.39, 0.29) is 11.4 Å². The van der Waals surface area contributed by atoms with E-state index >= 15 is 0 Å². The minimum Gasteiger partial charge on any atom is -0.393 e. The van der Waals surface area contributed by atoms with Crippen LogP contribution < -0.4 is 5.73 Å². The van der Waals surface area contributed by atoms with Crippen LogP contribution >= 0.6 is 15.9 Å². The van der Waals surface area contributed by atoms with Gasteiger partial charge in [-0.3, -0.25) is 10.1 Å². The van der Waals surface area contributed by atoms with Gasteiger partial charge in [0.2, 0.25) is 0 Å². The lowest BCUT2D eigenvalue weighted by atomic mass is 10.1. The van der Waals surface area contributed by atoms with Gasteiger partial charge in [-0.15, -0.1) is 0 Å². The Morgan fingerprint density at radius 2 is 2.27 bits per heavy atom.